The Labute approximate surface area is 99.8 Å². The Bertz CT molecular complexity index is 443. The fraction of sp³-hybridized carbons (Fsp3) is 0.385. The Balaban J connectivity index is 1.91. The van der Waals surface area contributed by atoms with Gasteiger partial charge in [-0.15, -0.1) is 0 Å². The summed E-state index contributed by atoms with van der Waals surface area (Å²) in [6, 6.07) is 4.35. The monoisotopic (exact) mass is 234 g/mol. The average Bonchev–Trinajstić information content (AvgIpc) is 2.30. The van der Waals surface area contributed by atoms with E-state index < -0.39 is 5.95 Å². The van der Waals surface area contributed by atoms with E-state index in [0.717, 1.165) is 19.3 Å². The first-order valence-corrected chi connectivity index (χ1v) is 5.84. The fourth-order valence-corrected chi connectivity index (χ4v) is 1.94. The Kier molecular flexibility index (Phi) is 3.85. The van der Waals surface area contributed by atoms with E-state index in [2.05, 4.69) is 16.4 Å². The Hall–Kier alpha value is -1.71. The van der Waals surface area contributed by atoms with Crippen molar-refractivity contribution in [2.45, 2.75) is 32.1 Å². The van der Waals surface area contributed by atoms with E-state index in [1.54, 1.807) is 6.07 Å². The van der Waals surface area contributed by atoms with E-state index in [-0.39, 0.29) is 11.7 Å². The minimum atomic E-state index is -0.584. The molecule has 1 aliphatic rings. The molecule has 0 saturated heterocycles. The van der Waals surface area contributed by atoms with E-state index in [0.29, 0.717) is 6.42 Å². The van der Waals surface area contributed by atoms with Gasteiger partial charge < -0.3 is 5.32 Å². The number of amides is 1. The maximum atomic E-state index is 12.8. The van der Waals surface area contributed by atoms with Crippen molar-refractivity contribution in [3.8, 4) is 0 Å². The number of nitrogens with one attached hydrogen (secondary N) is 1. The summed E-state index contributed by atoms with van der Waals surface area (Å²) in [7, 11) is 0. The van der Waals surface area contributed by atoms with Crippen LogP contribution in [-0.2, 0) is 4.79 Å². The molecule has 90 valence electrons. The second-order valence-electron chi connectivity index (χ2n) is 4.18. The first-order chi connectivity index (χ1) is 8.24. The van der Waals surface area contributed by atoms with Crippen molar-refractivity contribution in [1.82, 2.24) is 4.98 Å². The molecule has 0 unspecified atom stereocenters. The van der Waals surface area contributed by atoms with Gasteiger partial charge in [-0.25, -0.2) is 4.98 Å². The van der Waals surface area contributed by atoms with Crippen LogP contribution in [0.3, 0.4) is 0 Å². The molecule has 1 aliphatic carbocycles. The van der Waals surface area contributed by atoms with Crippen molar-refractivity contribution in [3.63, 3.8) is 0 Å². The van der Waals surface area contributed by atoms with Crippen molar-refractivity contribution < 1.29 is 9.18 Å². The van der Waals surface area contributed by atoms with E-state index >= 15 is 0 Å². The average molecular weight is 234 g/mol. The van der Waals surface area contributed by atoms with Crippen LogP contribution in [0.15, 0.2) is 29.8 Å². The van der Waals surface area contributed by atoms with E-state index in [1.807, 2.05) is 0 Å². The highest BCUT2D eigenvalue weighted by atomic mass is 19.1. The number of halogens is 1. The van der Waals surface area contributed by atoms with E-state index in [1.165, 1.54) is 24.1 Å². The third kappa shape index (κ3) is 3.66. The molecule has 1 aromatic heterocycles. The van der Waals surface area contributed by atoms with Gasteiger partial charge in [0.2, 0.25) is 11.9 Å². The summed E-state index contributed by atoms with van der Waals surface area (Å²) in [5.41, 5.74) is 1.17. The van der Waals surface area contributed by atoms with Crippen LogP contribution < -0.4 is 5.32 Å². The van der Waals surface area contributed by atoms with Crippen LogP contribution in [0.4, 0.5) is 10.2 Å². The highest BCUT2D eigenvalue weighted by molar-refractivity contribution is 5.91. The topological polar surface area (TPSA) is 42.0 Å². The minimum Gasteiger partial charge on any atom is -0.310 e. The third-order valence-electron chi connectivity index (χ3n) is 2.76. The standard InChI is InChI=1S/C13H15FN2O/c14-11-7-4-8-12(15-11)16-13(17)9-10-5-2-1-3-6-10/h4-5,7-8H,1-3,6,9H2,(H,15,16,17). The molecule has 2 rings (SSSR count). The molecule has 0 bridgehead atoms. The lowest BCUT2D eigenvalue weighted by atomic mass is 9.97. The van der Waals surface area contributed by atoms with Crippen molar-refractivity contribution in [2.75, 3.05) is 5.32 Å². The van der Waals surface area contributed by atoms with Gasteiger partial charge in [-0.05, 0) is 37.8 Å². The minimum absolute atomic E-state index is 0.128. The van der Waals surface area contributed by atoms with Gasteiger partial charge in [0, 0.05) is 6.42 Å². The summed E-state index contributed by atoms with van der Waals surface area (Å²) >= 11 is 0. The van der Waals surface area contributed by atoms with Crippen molar-refractivity contribution in [3.05, 3.63) is 35.8 Å². The molecule has 0 aliphatic heterocycles. The second kappa shape index (κ2) is 5.57. The lowest BCUT2D eigenvalue weighted by Crippen LogP contribution is -2.14. The SMILES string of the molecule is O=C(CC1=CCCCC1)Nc1cccc(F)n1. The molecule has 3 nitrogen and oxygen atoms in total. The number of hydrogen-bond acceptors (Lipinski definition) is 2. The summed E-state index contributed by atoms with van der Waals surface area (Å²) < 4.78 is 12.8. The lowest BCUT2D eigenvalue weighted by Gasteiger charge is -2.12. The first kappa shape index (κ1) is 11.8. The van der Waals surface area contributed by atoms with Crippen LogP contribution in [0.2, 0.25) is 0 Å². The summed E-state index contributed by atoms with van der Waals surface area (Å²) in [6.45, 7) is 0. The maximum absolute atomic E-state index is 12.8. The van der Waals surface area contributed by atoms with Crippen LogP contribution >= 0.6 is 0 Å². The zero-order chi connectivity index (χ0) is 12.1. The molecule has 0 radical (unpaired) electrons. The normalized spacial score (nSPS) is 15.2. The van der Waals surface area contributed by atoms with Crippen molar-refractivity contribution >= 4 is 11.7 Å². The molecule has 4 heteroatoms. The number of aromatic nitrogens is 1. The van der Waals surface area contributed by atoms with Gasteiger partial charge in [-0.2, -0.15) is 4.39 Å². The molecule has 1 amide bonds. The van der Waals surface area contributed by atoms with Gasteiger partial charge in [-0.3, -0.25) is 4.79 Å². The molecule has 0 aromatic carbocycles. The van der Waals surface area contributed by atoms with Gasteiger partial charge in [-0.1, -0.05) is 17.7 Å². The van der Waals surface area contributed by atoms with Crippen molar-refractivity contribution in [2.24, 2.45) is 0 Å². The number of hydrogen-bond donors (Lipinski definition) is 1. The largest absolute Gasteiger partial charge is 0.310 e. The van der Waals surface area contributed by atoms with Gasteiger partial charge >= 0.3 is 0 Å². The number of allylic oxidation sites excluding steroid dienone is 1. The lowest BCUT2D eigenvalue weighted by molar-refractivity contribution is -0.115. The second-order valence-corrected chi connectivity index (χ2v) is 4.18. The molecule has 0 spiro atoms. The van der Waals surface area contributed by atoms with Crippen LogP contribution in [0.1, 0.15) is 32.1 Å². The van der Waals surface area contributed by atoms with Crippen LogP contribution in [0, 0.1) is 5.95 Å². The third-order valence-corrected chi connectivity index (χ3v) is 2.76. The molecule has 1 aromatic rings. The molecular formula is C13H15FN2O. The maximum Gasteiger partial charge on any atom is 0.229 e. The summed E-state index contributed by atoms with van der Waals surface area (Å²) in [4.78, 5) is 15.3. The molecule has 0 atom stereocenters. The summed E-state index contributed by atoms with van der Waals surface area (Å²) in [6.07, 6.45) is 6.92. The van der Waals surface area contributed by atoms with Gasteiger partial charge in [0.15, 0.2) is 0 Å². The highest BCUT2D eigenvalue weighted by Crippen LogP contribution is 2.20. The number of carbonyl (C=O) groups is 1. The summed E-state index contributed by atoms with van der Waals surface area (Å²) in [5, 5.41) is 2.60. The number of anilines is 1. The highest BCUT2D eigenvalue weighted by Gasteiger charge is 2.09. The Morgan fingerprint density at radius 1 is 1.41 bits per heavy atom. The van der Waals surface area contributed by atoms with Gasteiger partial charge in [0.05, 0.1) is 0 Å². The predicted molar refractivity (Wildman–Crippen MR) is 64.0 cm³/mol. The number of pyridine rings is 1. The predicted octanol–water partition coefficient (Wildman–Crippen LogP) is 3.05. The van der Waals surface area contributed by atoms with Crippen LogP contribution in [-0.4, -0.2) is 10.9 Å². The molecule has 0 saturated carbocycles. The zero-order valence-electron chi connectivity index (χ0n) is 9.58. The van der Waals surface area contributed by atoms with Crippen LogP contribution in [0.5, 0.6) is 0 Å². The number of nitrogens with zero attached hydrogens (tertiary/aromatic N) is 1. The molecule has 0 fully saturated rings. The quantitative estimate of drug-likeness (QED) is 0.645. The van der Waals surface area contributed by atoms with Gasteiger partial charge in [0.1, 0.15) is 5.82 Å². The molecule has 1 N–H and O–H groups in total. The Morgan fingerprint density at radius 2 is 2.29 bits per heavy atom. The Morgan fingerprint density at radius 3 is 3.00 bits per heavy atom. The summed E-state index contributed by atoms with van der Waals surface area (Å²) in [5.74, 6) is -0.442. The zero-order valence-corrected chi connectivity index (χ0v) is 9.58. The number of carbonyl (C=O) groups excluding carboxylic acids is 1. The van der Waals surface area contributed by atoms with Crippen LogP contribution in [0.25, 0.3) is 0 Å². The smallest absolute Gasteiger partial charge is 0.229 e. The first-order valence-electron chi connectivity index (χ1n) is 5.84. The van der Waals surface area contributed by atoms with E-state index in [4.69, 9.17) is 0 Å². The molecular weight excluding hydrogens is 219 g/mol. The van der Waals surface area contributed by atoms with Gasteiger partial charge in [0.25, 0.3) is 0 Å². The molecule has 17 heavy (non-hydrogen) atoms. The number of rotatable bonds is 3. The van der Waals surface area contributed by atoms with Crippen molar-refractivity contribution in [1.29, 1.82) is 0 Å². The van der Waals surface area contributed by atoms with E-state index in [9.17, 15) is 9.18 Å². The molecule has 1 heterocycles. The fourth-order valence-electron chi connectivity index (χ4n) is 1.94.